The van der Waals surface area contributed by atoms with E-state index in [1.807, 2.05) is 12.1 Å². The first kappa shape index (κ1) is 21.4. The van der Waals surface area contributed by atoms with Crippen LogP contribution in [0.2, 0.25) is 5.02 Å². The van der Waals surface area contributed by atoms with Gasteiger partial charge in [-0.15, -0.1) is 0 Å². The maximum Gasteiger partial charge on any atom is 0.293 e. The summed E-state index contributed by atoms with van der Waals surface area (Å²) in [7, 11) is 0. The van der Waals surface area contributed by atoms with Gasteiger partial charge in [0.2, 0.25) is 0 Å². The summed E-state index contributed by atoms with van der Waals surface area (Å²) < 4.78 is 6.43. The lowest BCUT2D eigenvalue weighted by atomic mass is 10.1. The number of ether oxygens (including phenoxy) is 1. The van der Waals surface area contributed by atoms with Gasteiger partial charge in [-0.1, -0.05) is 29.8 Å². The van der Waals surface area contributed by atoms with Gasteiger partial charge in [-0.2, -0.15) is 5.26 Å². The molecule has 0 radical (unpaired) electrons. The Morgan fingerprint density at radius 1 is 1.31 bits per heavy atom. The van der Waals surface area contributed by atoms with Gasteiger partial charge < -0.3 is 4.74 Å². The molecule has 0 aliphatic carbocycles. The number of nitriles is 1. The molecule has 1 aliphatic heterocycles. The monoisotopic (exact) mass is 490 g/mol. The van der Waals surface area contributed by atoms with Gasteiger partial charge in [-0.05, 0) is 71.4 Å². The molecule has 0 unspecified atom stereocenters. The summed E-state index contributed by atoms with van der Waals surface area (Å²) in [5.41, 5.74) is 1.96. The summed E-state index contributed by atoms with van der Waals surface area (Å²) in [6.07, 6.45) is 1.64. The molecule has 0 aromatic heterocycles. The Labute approximate surface area is 186 Å². The zero-order valence-corrected chi connectivity index (χ0v) is 18.8. The summed E-state index contributed by atoms with van der Waals surface area (Å²) in [4.78, 5) is 26.1. The highest BCUT2D eigenvalue weighted by Crippen LogP contribution is 2.38. The zero-order chi connectivity index (χ0) is 21.1. The molecule has 2 amide bonds. The predicted molar refractivity (Wildman–Crippen MR) is 118 cm³/mol. The van der Waals surface area contributed by atoms with Gasteiger partial charge >= 0.3 is 0 Å². The Bertz CT molecular complexity index is 1040. The lowest BCUT2D eigenvalue weighted by Gasteiger charge is -2.16. The smallest absolute Gasteiger partial charge is 0.293 e. The first-order valence-electron chi connectivity index (χ1n) is 8.68. The quantitative estimate of drug-likeness (QED) is 0.480. The Balaban J connectivity index is 1.82. The minimum absolute atomic E-state index is 0.189. The molecule has 1 aliphatic rings. The molecular weight excluding hydrogens is 476 g/mol. The van der Waals surface area contributed by atoms with Crippen LogP contribution < -0.4 is 4.74 Å². The molecule has 5 nitrogen and oxygen atoms in total. The summed E-state index contributed by atoms with van der Waals surface area (Å²) in [6.45, 7) is 3.78. The van der Waals surface area contributed by atoms with Crippen molar-refractivity contribution >= 4 is 56.5 Å². The second-order valence-corrected chi connectivity index (χ2v) is 8.77. The third kappa shape index (κ3) is 4.67. The van der Waals surface area contributed by atoms with Gasteiger partial charge in [0, 0.05) is 11.6 Å². The molecule has 0 N–H and O–H groups in total. The number of hydrogen-bond donors (Lipinski definition) is 0. The average Bonchev–Trinajstić information content (AvgIpc) is 2.94. The first-order valence-corrected chi connectivity index (χ1v) is 10.7. The molecule has 148 valence electrons. The number of amides is 2. The molecule has 1 fully saturated rings. The number of hydrogen-bond acceptors (Lipinski definition) is 5. The van der Waals surface area contributed by atoms with E-state index in [0.29, 0.717) is 31.3 Å². The van der Waals surface area contributed by atoms with Crippen molar-refractivity contribution in [1.82, 2.24) is 4.90 Å². The molecule has 29 heavy (non-hydrogen) atoms. The highest BCUT2D eigenvalue weighted by molar-refractivity contribution is 9.10. The third-order valence-corrected chi connectivity index (χ3v) is 5.92. The minimum Gasteiger partial charge on any atom is -0.486 e. The van der Waals surface area contributed by atoms with Crippen molar-refractivity contribution in [1.29, 1.82) is 5.26 Å². The number of halogens is 2. The van der Waals surface area contributed by atoms with Crippen LogP contribution in [0.3, 0.4) is 0 Å². The summed E-state index contributed by atoms with van der Waals surface area (Å²) in [5, 5.41) is 9.26. The van der Waals surface area contributed by atoms with Crippen LogP contribution >= 0.6 is 39.3 Å². The molecule has 0 bridgehead atoms. The molecule has 0 spiro atoms. The Kier molecular flexibility index (Phi) is 6.68. The number of carbonyl (C=O) groups excluding carboxylic acids is 2. The Hall–Kier alpha value is -2.27. The Morgan fingerprint density at radius 3 is 2.66 bits per heavy atom. The van der Waals surface area contributed by atoms with Gasteiger partial charge in [-0.25, -0.2) is 0 Å². The largest absolute Gasteiger partial charge is 0.486 e. The van der Waals surface area contributed by atoms with Crippen molar-refractivity contribution in [2.75, 3.05) is 0 Å². The predicted octanol–water partition coefficient (Wildman–Crippen LogP) is 6.00. The lowest BCUT2D eigenvalue weighted by molar-refractivity contribution is -0.123. The summed E-state index contributed by atoms with van der Waals surface area (Å²) in [5.74, 6) is 0.127. The molecule has 0 atom stereocenters. The van der Waals surface area contributed by atoms with Crippen LogP contribution in [0.5, 0.6) is 5.75 Å². The molecule has 1 heterocycles. The fourth-order valence-electron chi connectivity index (χ4n) is 2.78. The van der Waals surface area contributed by atoms with E-state index in [1.165, 1.54) is 4.90 Å². The number of rotatable bonds is 5. The van der Waals surface area contributed by atoms with Crippen LogP contribution in [-0.4, -0.2) is 22.1 Å². The maximum absolute atomic E-state index is 12.4. The van der Waals surface area contributed by atoms with Gasteiger partial charge in [0.25, 0.3) is 11.1 Å². The fourth-order valence-corrected chi connectivity index (χ4v) is 4.73. The first-order chi connectivity index (χ1) is 13.8. The van der Waals surface area contributed by atoms with Crippen LogP contribution in [0.4, 0.5) is 4.79 Å². The molecule has 8 heteroatoms. The molecule has 1 saturated heterocycles. The third-order valence-electron chi connectivity index (χ3n) is 4.17. The summed E-state index contributed by atoms with van der Waals surface area (Å²) in [6, 6.07) is 12.5. The lowest BCUT2D eigenvalue weighted by Crippen LogP contribution is -2.34. The number of thioether (sulfide) groups is 1. The van der Waals surface area contributed by atoms with Crippen LogP contribution in [0.15, 0.2) is 45.8 Å². The molecule has 2 aromatic rings. The van der Waals surface area contributed by atoms with Crippen LogP contribution in [0, 0.1) is 11.3 Å². The van der Waals surface area contributed by atoms with E-state index in [1.54, 1.807) is 44.2 Å². The normalized spacial score (nSPS) is 15.3. The standard InChI is InChI=1S/C21H16BrClN2O3S/c1-12(2)25-20(26)18(29-21(25)27)9-13-7-16(22)19(17(23)8-13)28-11-15-6-4-3-5-14(15)10-24/h3-9,12H,11H2,1-2H3/b18-9+. The van der Waals surface area contributed by atoms with E-state index in [4.69, 9.17) is 16.3 Å². The molecule has 2 aromatic carbocycles. The molecule has 0 saturated carbocycles. The van der Waals surface area contributed by atoms with E-state index in [-0.39, 0.29) is 23.8 Å². The van der Waals surface area contributed by atoms with E-state index in [2.05, 4.69) is 22.0 Å². The van der Waals surface area contributed by atoms with Crippen molar-refractivity contribution in [2.45, 2.75) is 26.5 Å². The maximum atomic E-state index is 12.4. The van der Waals surface area contributed by atoms with E-state index in [0.717, 1.165) is 17.3 Å². The van der Waals surface area contributed by atoms with Crippen molar-refractivity contribution in [3.05, 3.63) is 67.5 Å². The van der Waals surface area contributed by atoms with Gasteiger partial charge in [0.15, 0.2) is 5.75 Å². The van der Waals surface area contributed by atoms with E-state index >= 15 is 0 Å². The topological polar surface area (TPSA) is 70.4 Å². The number of imide groups is 1. The fraction of sp³-hybridized carbons (Fsp3) is 0.190. The number of carbonyl (C=O) groups is 2. The highest BCUT2D eigenvalue weighted by Gasteiger charge is 2.36. The minimum atomic E-state index is -0.310. The second kappa shape index (κ2) is 9.04. The van der Waals surface area contributed by atoms with Crippen LogP contribution in [0.1, 0.15) is 30.5 Å². The van der Waals surface area contributed by atoms with E-state index in [9.17, 15) is 14.9 Å². The van der Waals surface area contributed by atoms with Gasteiger partial charge in [-0.3, -0.25) is 14.5 Å². The zero-order valence-electron chi connectivity index (χ0n) is 15.6. The van der Waals surface area contributed by atoms with E-state index < -0.39 is 0 Å². The number of benzene rings is 2. The van der Waals surface area contributed by atoms with Crippen molar-refractivity contribution in [3.63, 3.8) is 0 Å². The number of nitrogens with zero attached hydrogens (tertiary/aromatic N) is 2. The SMILES string of the molecule is CC(C)N1C(=O)S/C(=C/c2cc(Cl)c(OCc3ccccc3C#N)c(Br)c2)C1=O. The Morgan fingerprint density at radius 2 is 2.03 bits per heavy atom. The van der Waals surface area contributed by atoms with Crippen molar-refractivity contribution in [2.24, 2.45) is 0 Å². The molecular formula is C21H16BrClN2O3S. The van der Waals surface area contributed by atoms with Gasteiger partial charge in [0.05, 0.1) is 26.0 Å². The van der Waals surface area contributed by atoms with Gasteiger partial charge in [0.1, 0.15) is 6.61 Å². The summed E-state index contributed by atoms with van der Waals surface area (Å²) >= 11 is 10.7. The highest BCUT2D eigenvalue weighted by atomic mass is 79.9. The second-order valence-electron chi connectivity index (χ2n) is 6.52. The average molecular weight is 492 g/mol. The van der Waals surface area contributed by atoms with Crippen LogP contribution in [0.25, 0.3) is 6.08 Å². The van der Waals surface area contributed by atoms with Crippen molar-refractivity contribution in [3.8, 4) is 11.8 Å². The van der Waals surface area contributed by atoms with Crippen molar-refractivity contribution < 1.29 is 14.3 Å². The van der Waals surface area contributed by atoms with Crippen LogP contribution in [-0.2, 0) is 11.4 Å². The molecule has 3 rings (SSSR count).